The first kappa shape index (κ1) is 16.1. The van der Waals surface area contributed by atoms with E-state index in [4.69, 9.17) is 0 Å². The van der Waals surface area contributed by atoms with Gasteiger partial charge in [0.25, 0.3) is 5.91 Å². The zero-order chi connectivity index (χ0) is 17.1. The number of aryl methyl sites for hydroxylation is 1. The van der Waals surface area contributed by atoms with Crippen LogP contribution >= 0.6 is 0 Å². The highest BCUT2D eigenvalue weighted by Gasteiger charge is 2.22. The maximum atomic E-state index is 12.9. The van der Waals surface area contributed by atoms with Crippen LogP contribution in [0.1, 0.15) is 48.2 Å². The Bertz CT molecular complexity index is 753. The number of benzene rings is 1. The molecule has 1 fully saturated rings. The van der Waals surface area contributed by atoms with Gasteiger partial charge in [-0.3, -0.25) is 4.79 Å². The monoisotopic (exact) mass is 336 g/mol. The van der Waals surface area contributed by atoms with Crippen LogP contribution in [0.5, 0.6) is 0 Å². The molecule has 5 nitrogen and oxygen atoms in total. The van der Waals surface area contributed by atoms with Crippen molar-refractivity contribution < 1.29 is 4.79 Å². The molecular weight excluding hydrogens is 312 g/mol. The molecule has 0 radical (unpaired) electrons. The molecule has 0 N–H and O–H groups in total. The molecule has 5 heteroatoms. The Balaban J connectivity index is 1.61. The second-order valence-electron chi connectivity index (χ2n) is 6.85. The molecule has 1 saturated heterocycles. The average molecular weight is 336 g/mol. The average Bonchev–Trinajstić information content (AvgIpc) is 2.96. The van der Waals surface area contributed by atoms with E-state index in [0.717, 1.165) is 51.1 Å². The summed E-state index contributed by atoms with van der Waals surface area (Å²) < 4.78 is 0. The number of rotatable bonds is 2. The second-order valence-corrected chi connectivity index (χ2v) is 6.85. The topological polar surface area (TPSA) is 49.3 Å². The van der Waals surface area contributed by atoms with Gasteiger partial charge >= 0.3 is 0 Å². The highest BCUT2D eigenvalue weighted by atomic mass is 16.2. The van der Waals surface area contributed by atoms with E-state index in [1.807, 2.05) is 11.0 Å². The summed E-state index contributed by atoms with van der Waals surface area (Å²) >= 11 is 0. The molecule has 1 amide bonds. The summed E-state index contributed by atoms with van der Waals surface area (Å²) in [7, 11) is 0. The first-order valence-corrected chi connectivity index (χ1v) is 9.30. The summed E-state index contributed by atoms with van der Waals surface area (Å²) in [6.45, 7) is 2.60. The maximum absolute atomic E-state index is 12.9. The molecule has 3 heterocycles. The summed E-state index contributed by atoms with van der Waals surface area (Å²) in [5.74, 6) is 0.858. The zero-order valence-electron chi connectivity index (χ0n) is 14.5. The number of carbonyl (C=O) groups is 1. The summed E-state index contributed by atoms with van der Waals surface area (Å²) in [6.07, 6.45) is 8.31. The van der Waals surface area contributed by atoms with Crippen LogP contribution in [-0.4, -0.2) is 40.4 Å². The molecule has 25 heavy (non-hydrogen) atoms. The number of amides is 1. The Kier molecular flexibility index (Phi) is 4.63. The third-order valence-electron chi connectivity index (χ3n) is 5.15. The number of likely N-dealkylation sites (tertiary alicyclic amines) is 1. The number of anilines is 2. The third-order valence-corrected chi connectivity index (χ3v) is 5.15. The molecule has 0 bridgehead atoms. The van der Waals surface area contributed by atoms with Gasteiger partial charge in [-0.25, -0.2) is 9.97 Å². The van der Waals surface area contributed by atoms with E-state index in [-0.39, 0.29) is 5.91 Å². The van der Waals surface area contributed by atoms with Crippen LogP contribution in [0.4, 0.5) is 11.5 Å². The van der Waals surface area contributed by atoms with Gasteiger partial charge in [0.2, 0.25) is 0 Å². The molecule has 4 rings (SSSR count). The molecule has 0 unspecified atom stereocenters. The lowest BCUT2D eigenvalue weighted by Gasteiger charge is -2.30. The normalized spacial score (nSPS) is 17.8. The SMILES string of the molecule is O=C(c1cc(N2CCCc3ccccc32)ncn1)N1CCCCCC1. The molecule has 1 aromatic heterocycles. The van der Waals surface area contributed by atoms with Crippen molar-refractivity contribution in [3.05, 3.63) is 47.9 Å². The Morgan fingerprint density at radius 2 is 1.72 bits per heavy atom. The van der Waals surface area contributed by atoms with Crippen LogP contribution in [0.3, 0.4) is 0 Å². The lowest BCUT2D eigenvalue weighted by atomic mass is 10.0. The number of fused-ring (bicyclic) bond motifs is 1. The minimum absolute atomic E-state index is 0.0378. The molecular formula is C20H24N4O. The van der Waals surface area contributed by atoms with E-state index in [1.165, 1.54) is 30.4 Å². The van der Waals surface area contributed by atoms with Gasteiger partial charge in [-0.1, -0.05) is 31.0 Å². The fourth-order valence-corrected chi connectivity index (χ4v) is 3.82. The number of hydrogen-bond donors (Lipinski definition) is 0. The van der Waals surface area contributed by atoms with Crippen LogP contribution in [0.2, 0.25) is 0 Å². The van der Waals surface area contributed by atoms with Crippen LogP contribution in [-0.2, 0) is 6.42 Å². The fraction of sp³-hybridized carbons (Fsp3) is 0.450. The van der Waals surface area contributed by atoms with Crippen molar-refractivity contribution in [3.8, 4) is 0 Å². The Morgan fingerprint density at radius 1 is 0.920 bits per heavy atom. The fourth-order valence-electron chi connectivity index (χ4n) is 3.82. The largest absolute Gasteiger partial charge is 0.337 e. The summed E-state index contributed by atoms with van der Waals surface area (Å²) in [5, 5.41) is 0. The molecule has 130 valence electrons. The number of nitrogens with zero attached hydrogens (tertiary/aromatic N) is 4. The highest BCUT2D eigenvalue weighted by Crippen LogP contribution is 2.32. The van der Waals surface area contributed by atoms with Gasteiger partial charge in [-0.15, -0.1) is 0 Å². The van der Waals surface area contributed by atoms with Crippen molar-refractivity contribution >= 4 is 17.4 Å². The summed E-state index contributed by atoms with van der Waals surface area (Å²) in [4.78, 5) is 25.7. The minimum atomic E-state index is 0.0378. The number of hydrogen-bond acceptors (Lipinski definition) is 4. The molecule has 0 aliphatic carbocycles. The smallest absolute Gasteiger partial charge is 0.272 e. The predicted molar refractivity (Wildman–Crippen MR) is 98.2 cm³/mol. The molecule has 1 aromatic carbocycles. The van der Waals surface area contributed by atoms with E-state index < -0.39 is 0 Å². The van der Waals surface area contributed by atoms with Gasteiger partial charge in [0, 0.05) is 31.4 Å². The van der Waals surface area contributed by atoms with Crippen LogP contribution < -0.4 is 4.90 Å². The third kappa shape index (κ3) is 3.36. The number of aromatic nitrogens is 2. The maximum Gasteiger partial charge on any atom is 0.272 e. The van der Waals surface area contributed by atoms with Crippen LogP contribution in [0.25, 0.3) is 0 Å². The molecule has 0 saturated carbocycles. The number of para-hydroxylation sites is 1. The minimum Gasteiger partial charge on any atom is -0.337 e. The van der Waals surface area contributed by atoms with E-state index in [2.05, 4.69) is 39.1 Å². The quantitative estimate of drug-likeness (QED) is 0.841. The first-order chi connectivity index (χ1) is 12.3. The van der Waals surface area contributed by atoms with Gasteiger partial charge < -0.3 is 9.80 Å². The second kappa shape index (κ2) is 7.21. The molecule has 0 spiro atoms. The lowest BCUT2D eigenvalue weighted by Crippen LogP contribution is -2.33. The first-order valence-electron chi connectivity index (χ1n) is 9.30. The van der Waals surface area contributed by atoms with Gasteiger partial charge in [-0.2, -0.15) is 0 Å². The summed E-state index contributed by atoms with van der Waals surface area (Å²) in [6, 6.07) is 10.3. The van der Waals surface area contributed by atoms with E-state index in [9.17, 15) is 4.79 Å². The predicted octanol–water partition coefficient (Wildman–Crippen LogP) is 3.58. The summed E-state index contributed by atoms with van der Waals surface area (Å²) in [5.41, 5.74) is 3.04. The van der Waals surface area contributed by atoms with Crippen molar-refractivity contribution in [1.82, 2.24) is 14.9 Å². The Hall–Kier alpha value is -2.43. The Morgan fingerprint density at radius 3 is 2.56 bits per heavy atom. The van der Waals surface area contributed by atoms with Gasteiger partial charge in [0.05, 0.1) is 0 Å². The van der Waals surface area contributed by atoms with Crippen molar-refractivity contribution in [3.63, 3.8) is 0 Å². The highest BCUT2D eigenvalue weighted by molar-refractivity contribution is 5.93. The van der Waals surface area contributed by atoms with Crippen molar-refractivity contribution in [1.29, 1.82) is 0 Å². The van der Waals surface area contributed by atoms with E-state index in [1.54, 1.807) is 0 Å². The Labute approximate surface area is 148 Å². The van der Waals surface area contributed by atoms with Gasteiger partial charge in [-0.05, 0) is 37.3 Å². The van der Waals surface area contributed by atoms with Crippen LogP contribution in [0.15, 0.2) is 36.7 Å². The van der Waals surface area contributed by atoms with Crippen molar-refractivity contribution in [2.75, 3.05) is 24.5 Å². The molecule has 2 aromatic rings. The molecule has 2 aliphatic rings. The zero-order valence-corrected chi connectivity index (χ0v) is 14.5. The number of carbonyl (C=O) groups excluding carboxylic acids is 1. The lowest BCUT2D eigenvalue weighted by molar-refractivity contribution is 0.0755. The molecule has 2 aliphatic heterocycles. The van der Waals surface area contributed by atoms with Crippen molar-refractivity contribution in [2.45, 2.75) is 38.5 Å². The van der Waals surface area contributed by atoms with E-state index in [0.29, 0.717) is 5.69 Å². The van der Waals surface area contributed by atoms with Crippen molar-refractivity contribution in [2.24, 2.45) is 0 Å². The van der Waals surface area contributed by atoms with E-state index >= 15 is 0 Å². The molecule has 0 atom stereocenters. The van der Waals surface area contributed by atoms with Gasteiger partial charge in [0.15, 0.2) is 0 Å². The standard InChI is InChI=1S/C20H24N4O/c25-20(23-11-5-1-2-6-12-23)17-14-19(22-15-21-17)24-13-7-9-16-8-3-4-10-18(16)24/h3-4,8,10,14-15H,1-2,5-7,9,11-13H2. The van der Waals surface area contributed by atoms with Crippen LogP contribution in [0, 0.1) is 0 Å². The van der Waals surface area contributed by atoms with Gasteiger partial charge in [0.1, 0.15) is 17.8 Å².